The molecular weight excluding hydrogens is 528 g/mol. The minimum absolute atomic E-state index is 0.0584. The van der Waals surface area contributed by atoms with E-state index in [-0.39, 0.29) is 17.8 Å². The zero-order valence-electron chi connectivity index (χ0n) is 22.2. The molecule has 5 N–H and O–H groups in total. The molecule has 0 bridgehead atoms. The van der Waals surface area contributed by atoms with Crippen molar-refractivity contribution in [3.8, 4) is 0 Å². The van der Waals surface area contributed by atoms with Gasteiger partial charge in [-0.15, -0.1) is 11.3 Å². The van der Waals surface area contributed by atoms with Gasteiger partial charge in [-0.2, -0.15) is 0 Å². The molecular formula is C29H32N6O4S. The first-order valence-corrected chi connectivity index (χ1v) is 14.3. The number of aryl methyl sites for hydroxylation is 1. The van der Waals surface area contributed by atoms with Gasteiger partial charge in [0.2, 0.25) is 0 Å². The molecule has 2 amide bonds. The Morgan fingerprint density at radius 1 is 1.23 bits per heavy atom. The van der Waals surface area contributed by atoms with E-state index in [9.17, 15) is 19.5 Å². The molecule has 10 nitrogen and oxygen atoms in total. The predicted octanol–water partition coefficient (Wildman–Crippen LogP) is 4.55. The lowest BCUT2D eigenvalue weighted by Crippen LogP contribution is -2.48. The van der Waals surface area contributed by atoms with E-state index in [1.54, 1.807) is 23.6 Å². The van der Waals surface area contributed by atoms with Gasteiger partial charge in [0.1, 0.15) is 17.6 Å². The fourth-order valence-electron chi connectivity index (χ4n) is 5.34. The van der Waals surface area contributed by atoms with Crippen LogP contribution in [-0.2, 0) is 6.42 Å². The number of para-hydroxylation sites is 1. The van der Waals surface area contributed by atoms with Gasteiger partial charge < -0.3 is 25.6 Å². The van der Waals surface area contributed by atoms with E-state index in [1.165, 1.54) is 11.3 Å². The third-order valence-corrected chi connectivity index (χ3v) is 7.98. The van der Waals surface area contributed by atoms with Gasteiger partial charge in [-0.1, -0.05) is 18.2 Å². The number of nitrogens with zero attached hydrogens (tertiary/aromatic N) is 3. The number of carbonyl (C=O) groups is 3. The molecule has 1 fully saturated rings. The molecule has 0 saturated carbocycles. The summed E-state index contributed by atoms with van der Waals surface area (Å²) in [5.74, 6) is -1.62. The monoisotopic (exact) mass is 560 g/mol. The van der Waals surface area contributed by atoms with Crippen LogP contribution < -0.4 is 16.0 Å². The van der Waals surface area contributed by atoms with Gasteiger partial charge in [0.15, 0.2) is 5.13 Å². The van der Waals surface area contributed by atoms with E-state index in [0.717, 1.165) is 25.1 Å². The fraction of sp³-hybridized carbons (Fsp3) is 0.310. The van der Waals surface area contributed by atoms with Crippen LogP contribution in [0.2, 0.25) is 0 Å². The van der Waals surface area contributed by atoms with Crippen molar-refractivity contribution in [2.75, 3.05) is 29.9 Å². The highest BCUT2D eigenvalue weighted by Gasteiger charge is 2.33. The first kappa shape index (κ1) is 27.4. The number of aromatic nitrogens is 2. The fourth-order valence-corrected chi connectivity index (χ4v) is 6.02. The Kier molecular flexibility index (Phi) is 8.13. The SMILES string of the molecule is CCN(C(=O)c1csc(NC(=O)c2ccc3[nH]c(C(=O)O)c(CCCN)c3c2)n1)C1CCCN1c1ccccc1. The number of hydrogen-bond donors (Lipinski definition) is 4. The van der Waals surface area contributed by atoms with Crippen molar-refractivity contribution in [3.63, 3.8) is 0 Å². The zero-order chi connectivity index (χ0) is 28.2. The number of anilines is 2. The van der Waals surface area contributed by atoms with Crippen LogP contribution in [0.15, 0.2) is 53.9 Å². The highest BCUT2D eigenvalue weighted by atomic mass is 32.1. The third-order valence-electron chi connectivity index (χ3n) is 7.23. The molecule has 5 rings (SSSR count). The van der Waals surface area contributed by atoms with Gasteiger partial charge in [0.05, 0.1) is 0 Å². The highest BCUT2D eigenvalue weighted by Crippen LogP contribution is 2.30. The van der Waals surface area contributed by atoms with Crippen LogP contribution in [-0.4, -0.2) is 63.6 Å². The van der Waals surface area contributed by atoms with Crippen molar-refractivity contribution in [1.29, 1.82) is 0 Å². The van der Waals surface area contributed by atoms with Crippen LogP contribution in [0.5, 0.6) is 0 Å². The number of carboxylic acid groups (broad SMARTS) is 1. The molecule has 0 spiro atoms. The summed E-state index contributed by atoms with van der Waals surface area (Å²) in [7, 11) is 0. The minimum atomic E-state index is -1.06. The van der Waals surface area contributed by atoms with Gasteiger partial charge >= 0.3 is 5.97 Å². The highest BCUT2D eigenvalue weighted by molar-refractivity contribution is 7.14. The van der Waals surface area contributed by atoms with Gasteiger partial charge in [0.25, 0.3) is 11.8 Å². The molecule has 1 aliphatic rings. The van der Waals surface area contributed by atoms with E-state index in [1.807, 2.05) is 30.0 Å². The van der Waals surface area contributed by atoms with Gasteiger partial charge in [0, 0.05) is 40.6 Å². The van der Waals surface area contributed by atoms with Crippen molar-refractivity contribution < 1.29 is 19.5 Å². The lowest BCUT2D eigenvalue weighted by atomic mass is 10.0. The molecule has 208 valence electrons. The normalized spacial score (nSPS) is 14.9. The third kappa shape index (κ3) is 5.43. The van der Waals surface area contributed by atoms with Crippen LogP contribution in [0.1, 0.15) is 63.1 Å². The van der Waals surface area contributed by atoms with Crippen molar-refractivity contribution in [3.05, 3.63) is 76.4 Å². The summed E-state index contributed by atoms with van der Waals surface area (Å²) in [6, 6.07) is 15.1. The van der Waals surface area contributed by atoms with Gasteiger partial charge in [-0.3, -0.25) is 14.9 Å². The quantitative estimate of drug-likeness (QED) is 0.223. The lowest BCUT2D eigenvalue weighted by molar-refractivity contribution is 0.0681. The summed E-state index contributed by atoms with van der Waals surface area (Å²) >= 11 is 1.19. The molecule has 1 atom stereocenters. The summed E-state index contributed by atoms with van der Waals surface area (Å²) in [6.07, 6.45) is 2.92. The smallest absolute Gasteiger partial charge is 0.352 e. The number of thiazole rings is 1. The maximum Gasteiger partial charge on any atom is 0.352 e. The maximum atomic E-state index is 13.5. The molecule has 1 saturated heterocycles. The number of carbonyl (C=O) groups excluding carboxylic acids is 2. The molecule has 4 aromatic rings. The molecule has 2 aromatic heterocycles. The van der Waals surface area contributed by atoms with Crippen molar-refractivity contribution in [2.45, 2.75) is 38.8 Å². The number of amides is 2. The largest absolute Gasteiger partial charge is 0.477 e. The number of benzene rings is 2. The number of nitrogens with one attached hydrogen (secondary N) is 2. The van der Waals surface area contributed by atoms with Crippen molar-refractivity contribution in [1.82, 2.24) is 14.9 Å². The topological polar surface area (TPSA) is 145 Å². The Hall–Kier alpha value is -4.22. The van der Waals surface area contributed by atoms with E-state index in [2.05, 4.69) is 32.3 Å². The molecule has 0 radical (unpaired) electrons. The average Bonchev–Trinajstić information content (AvgIpc) is 3.71. The van der Waals surface area contributed by atoms with Crippen LogP contribution in [0.25, 0.3) is 10.9 Å². The summed E-state index contributed by atoms with van der Waals surface area (Å²) < 4.78 is 0. The van der Waals surface area contributed by atoms with E-state index >= 15 is 0 Å². The summed E-state index contributed by atoms with van der Waals surface area (Å²) in [6.45, 7) is 3.80. The molecule has 11 heteroatoms. The lowest BCUT2D eigenvalue weighted by Gasteiger charge is -2.35. The Balaban J connectivity index is 1.32. The number of aromatic carboxylic acids is 1. The van der Waals surface area contributed by atoms with Crippen LogP contribution in [0.3, 0.4) is 0 Å². The predicted molar refractivity (Wildman–Crippen MR) is 156 cm³/mol. The maximum absolute atomic E-state index is 13.5. The van der Waals surface area contributed by atoms with Gasteiger partial charge in [-0.25, -0.2) is 9.78 Å². The number of rotatable bonds is 10. The van der Waals surface area contributed by atoms with Crippen LogP contribution in [0, 0.1) is 0 Å². The second kappa shape index (κ2) is 11.9. The molecule has 0 aliphatic carbocycles. The number of fused-ring (bicyclic) bond motifs is 1. The number of aromatic amines is 1. The second-order valence-electron chi connectivity index (χ2n) is 9.67. The molecule has 3 heterocycles. The van der Waals surface area contributed by atoms with Crippen molar-refractivity contribution in [2.24, 2.45) is 5.73 Å². The molecule has 2 aromatic carbocycles. The van der Waals surface area contributed by atoms with Crippen LogP contribution in [0.4, 0.5) is 10.8 Å². The summed E-state index contributed by atoms with van der Waals surface area (Å²) in [4.78, 5) is 49.8. The number of H-pyrrole nitrogens is 1. The van der Waals surface area contributed by atoms with E-state index in [0.29, 0.717) is 58.8 Å². The average molecular weight is 561 g/mol. The number of carboxylic acids is 1. The van der Waals surface area contributed by atoms with Crippen molar-refractivity contribution >= 4 is 50.8 Å². The Bertz CT molecular complexity index is 1530. The Morgan fingerprint density at radius 3 is 2.75 bits per heavy atom. The summed E-state index contributed by atoms with van der Waals surface area (Å²) in [5.41, 5.74) is 8.75. The standard InChI is InChI=1S/C29H32N6O4S/c1-2-34(24-11-7-15-35(24)19-8-4-3-5-9-19)27(37)23-17-40-29(32-23)33-26(36)18-12-13-22-21(16-18)20(10-6-14-30)25(31-22)28(38)39/h3-5,8-9,12-13,16-17,24,31H,2,6-7,10-11,14-15,30H2,1H3,(H,38,39)(H,32,33,36). The Labute approximate surface area is 235 Å². The van der Waals surface area contributed by atoms with E-state index in [4.69, 9.17) is 5.73 Å². The first-order chi connectivity index (χ1) is 19.4. The van der Waals surface area contributed by atoms with E-state index < -0.39 is 11.9 Å². The minimum Gasteiger partial charge on any atom is -0.477 e. The second-order valence-corrected chi connectivity index (χ2v) is 10.5. The summed E-state index contributed by atoms with van der Waals surface area (Å²) in [5, 5.41) is 15.1. The molecule has 1 aliphatic heterocycles. The van der Waals surface area contributed by atoms with Gasteiger partial charge in [-0.05, 0) is 75.0 Å². The van der Waals surface area contributed by atoms with Crippen LogP contribution >= 0.6 is 11.3 Å². The molecule has 40 heavy (non-hydrogen) atoms. The number of hydrogen-bond acceptors (Lipinski definition) is 7. The first-order valence-electron chi connectivity index (χ1n) is 13.4. The Morgan fingerprint density at radius 2 is 2.02 bits per heavy atom. The zero-order valence-corrected chi connectivity index (χ0v) is 23.0. The number of nitrogens with two attached hydrogens (primary N) is 1. The molecule has 1 unspecified atom stereocenters.